The predicted octanol–water partition coefficient (Wildman–Crippen LogP) is 2.68. The fourth-order valence-corrected chi connectivity index (χ4v) is 3.20. The first-order valence-electron chi connectivity index (χ1n) is 8.63. The SMILES string of the molecule is CCN=C(NC1CC1c1ccccc1C)N(C)Cc1cnn(C)c1. The standard InChI is InChI=1S/C19H27N5/c1-5-20-19(23(3)12-15-11-21-24(4)13-15)22-18-10-17(18)16-9-7-6-8-14(16)2/h6-9,11,13,17-18H,5,10,12H2,1-4H3,(H,20,22). The molecule has 0 bridgehead atoms. The van der Waals surface area contributed by atoms with Crippen LogP contribution < -0.4 is 5.32 Å². The van der Waals surface area contributed by atoms with Gasteiger partial charge in [-0.1, -0.05) is 24.3 Å². The Morgan fingerprint density at radius 3 is 2.88 bits per heavy atom. The quantitative estimate of drug-likeness (QED) is 0.679. The Hall–Kier alpha value is -2.30. The number of nitrogens with one attached hydrogen (secondary N) is 1. The van der Waals surface area contributed by atoms with Gasteiger partial charge in [0.1, 0.15) is 0 Å². The molecular weight excluding hydrogens is 298 g/mol. The first kappa shape index (κ1) is 16.6. The van der Waals surface area contributed by atoms with Gasteiger partial charge in [0, 0.05) is 50.9 Å². The summed E-state index contributed by atoms with van der Waals surface area (Å²) in [5.74, 6) is 1.57. The first-order valence-corrected chi connectivity index (χ1v) is 8.63. The van der Waals surface area contributed by atoms with Crippen molar-refractivity contribution in [2.45, 2.75) is 38.8 Å². The summed E-state index contributed by atoms with van der Waals surface area (Å²) in [4.78, 5) is 6.84. The zero-order valence-corrected chi connectivity index (χ0v) is 15.0. The van der Waals surface area contributed by atoms with Crippen molar-refractivity contribution in [3.05, 3.63) is 53.3 Å². The summed E-state index contributed by atoms with van der Waals surface area (Å²) < 4.78 is 1.84. The Morgan fingerprint density at radius 1 is 1.42 bits per heavy atom. The number of aliphatic imine (C=N–C) groups is 1. The molecule has 0 saturated heterocycles. The number of rotatable bonds is 5. The van der Waals surface area contributed by atoms with Gasteiger partial charge in [0.2, 0.25) is 0 Å². The largest absolute Gasteiger partial charge is 0.353 e. The van der Waals surface area contributed by atoms with Crippen LogP contribution in [0.25, 0.3) is 0 Å². The van der Waals surface area contributed by atoms with Gasteiger partial charge in [-0.05, 0) is 31.4 Å². The fraction of sp³-hybridized carbons (Fsp3) is 0.474. The van der Waals surface area contributed by atoms with Gasteiger partial charge < -0.3 is 10.2 Å². The number of hydrogen-bond acceptors (Lipinski definition) is 2. The number of hydrogen-bond donors (Lipinski definition) is 1. The van der Waals surface area contributed by atoms with E-state index in [1.54, 1.807) is 0 Å². The molecule has 2 aromatic rings. The lowest BCUT2D eigenvalue weighted by Crippen LogP contribution is -2.40. The van der Waals surface area contributed by atoms with Gasteiger partial charge in [-0.3, -0.25) is 9.67 Å². The molecule has 0 aliphatic heterocycles. The minimum atomic E-state index is 0.479. The molecule has 1 aromatic heterocycles. The van der Waals surface area contributed by atoms with E-state index in [-0.39, 0.29) is 0 Å². The minimum Gasteiger partial charge on any atom is -0.353 e. The predicted molar refractivity (Wildman–Crippen MR) is 98.1 cm³/mol. The van der Waals surface area contributed by atoms with E-state index in [2.05, 4.69) is 65.5 Å². The zero-order chi connectivity index (χ0) is 17.1. The molecule has 24 heavy (non-hydrogen) atoms. The topological polar surface area (TPSA) is 45.5 Å². The second-order valence-electron chi connectivity index (χ2n) is 6.63. The molecule has 2 unspecified atom stereocenters. The minimum absolute atomic E-state index is 0.479. The van der Waals surface area contributed by atoms with Crippen LogP contribution in [-0.4, -0.2) is 40.3 Å². The van der Waals surface area contributed by atoms with Crippen LogP contribution in [0.5, 0.6) is 0 Å². The van der Waals surface area contributed by atoms with Crippen LogP contribution >= 0.6 is 0 Å². The lowest BCUT2D eigenvalue weighted by atomic mass is 10.0. The Morgan fingerprint density at radius 2 is 2.21 bits per heavy atom. The summed E-state index contributed by atoms with van der Waals surface area (Å²) in [6.45, 7) is 5.86. The molecule has 0 spiro atoms. The van der Waals surface area contributed by atoms with E-state index in [0.717, 1.165) is 19.0 Å². The van der Waals surface area contributed by atoms with Crippen LogP contribution in [0.15, 0.2) is 41.7 Å². The average Bonchev–Trinajstić information content (AvgIpc) is 3.20. The van der Waals surface area contributed by atoms with Crippen LogP contribution in [0.4, 0.5) is 0 Å². The van der Waals surface area contributed by atoms with Crippen molar-refractivity contribution in [2.24, 2.45) is 12.0 Å². The normalized spacial score (nSPS) is 20.1. The maximum atomic E-state index is 4.66. The third-order valence-electron chi connectivity index (χ3n) is 4.54. The highest BCUT2D eigenvalue weighted by Crippen LogP contribution is 2.42. The van der Waals surface area contributed by atoms with Crippen LogP contribution in [0.1, 0.15) is 36.0 Å². The lowest BCUT2D eigenvalue weighted by Gasteiger charge is -2.22. The average molecular weight is 325 g/mol. The van der Waals surface area contributed by atoms with E-state index in [4.69, 9.17) is 0 Å². The van der Waals surface area contributed by atoms with Gasteiger partial charge in [0.25, 0.3) is 0 Å². The van der Waals surface area contributed by atoms with Crippen molar-refractivity contribution in [3.8, 4) is 0 Å². The van der Waals surface area contributed by atoms with Gasteiger partial charge in [-0.25, -0.2) is 0 Å². The Balaban J connectivity index is 1.63. The molecule has 2 atom stereocenters. The highest BCUT2D eigenvalue weighted by Gasteiger charge is 2.40. The Labute approximate surface area is 144 Å². The molecule has 1 aliphatic carbocycles. The molecule has 5 heteroatoms. The van der Waals surface area contributed by atoms with Crippen LogP contribution in [0, 0.1) is 6.92 Å². The van der Waals surface area contributed by atoms with Gasteiger partial charge in [-0.15, -0.1) is 0 Å². The molecule has 1 heterocycles. The maximum Gasteiger partial charge on any atom is 0.194 e. The highest BCUT2D eigenvalue weighted by molar-refractivity contribution is 5.80. The molecule has 1 fully saturated rings. The number of benzene rings is 1. The lowest BCUT2D eigenvalue weighted by molar-refractivity contribution is 0.474. The maximum absolute atomic E-state index is 4.66. The third-order valence-corrected chi connectivity index (χ3v) is 4.54. The smallest absolute Gasteiger partial charge is 0.194 e. The molecule has 1 aromatic carbocycles. The Bertz CT molecular complexity index is 718. The summed E-state index contributed by atoms with van der Waals surface area (Å²) in [5.41, 5.74) is 4.03. The number of nitrogens with zero attached hydrogens (tertiary/aromatic N) is 4. The third kappa shape index (κ3) is 3.78. The van der Waals surface area contributed by atoms with Crippen LogP contribution in [0.3, 0.4) is 0 Å². The second-order valence-corrected chi connectivity index (χ2v) is 6.63. The molecule has 5 nitrogen and oxygen atoms in total. The van der Waals surface area contributed by atoms with E-state index in [1.807, 2.05) is 24.1 Å². The Kier molecular flexibility index (Phi) is 4.88. The molecule has 3 rings (SSSR count). The zero-order valence-electron chi connectivity index (χ0n) is 15.0. The molecule has 0 amide bonds. The van der Waals surface area contributed by atoms with Gasteiger partial charge in [-0.2, -0.15) is 5.10 Å². The number of aromatic nitrogens is 2. The molecule has 1 saturated carbocycles. The summed E-state index contributed by atoms with van der Waals surface area (Å²) in [6.07, 6.45) is 5.13. The van der Waals surface area contributed by atoms with Gasteiger partial charge in [0.15, 0.2) is 5.96 Å². The van der Waals surface area contributed by atoms with E-state index in [9.17, 15) is 0 Å². The summed E-state index contributed by atoms with van der Waals surface area (Å²) in [5, 5.41) is 7.88. The second kappa shape index (κ2) is 7.07. The number of aryl methyl sites for hydroxylation is 2. The fourth-order valence-electron chi connectivity index (χ4n) is 3.20. The molecule has 1 N–H and O–H groups in total. The highest BCUT2D eigenvalue weighted by atomic mass is 15.3. The van der Waals surface area contributed by atoms with E-state index in [0.29, 0.717) is 12.0 Å². The van der Waals surface area contributed by atoms with Crippen molar-refractivity contribution in [1.82, 2.24) is 20.0 Å². The van der Waals surface area contributed by atoms with Crippen molar-refractivity contribution in [3.63, 3.8) is 0 Å². The summed E-state index contributed by atoms with van der Waals surface area (Å²) in [6, 6.07) is 9.16. The molecular formula is C19H27N5. The van der Waals surface area contributed by atoms with Crippen LogP contribution in [-0.2, 0) is 13.6 Å². The molecule has 128 valence electrons. The molecule has 0 radical (unpaired) electrons. The first-order chi connectivity index (χ1) is 11.6. The molecule has 1 aliphatic rings. The van der Waals surface area contributed by atoms with Crippen molar-refractivity contribution >= 4 is 5.96 Å². The van der Waals surface area contributed by atoms with Crippen LogP contribution in [0.2, 0.25) is 0 Å². The van der Waals surface area contributed by atoms with E-state index < -0.39 is 0 Å². The number of guanidine groups is 1. The summed E-state index contributed by atoms with van der Waals surface area (Å²) in [7, 11) is 4.03. The van der Waals surface area contributed by atoms with Crippen molar-refractivity contribution in [2.75, 3.05) is 13.6 Å². The monoisotopic (exact) mass is 325 g/mol. The van der Waals surface area contributed by atoms with Gasteiger partial charge >= 0.3 is 0 Å². The van der Waals surface area contributed by atoms with Crippen molar-refractivity contribution in [1.29, 1.82) is 0 Å². The van der Waals surface area contributed by atoms with Crippen molar-refractivity contribution < 1.29 is 0 Å². The van der Waals surface area contributed by atoms with Gasteiger partial charge in [0.05, 0.1) is 6.20 Å². The summed E-state index contributed by atoms with van der Waals surface area (Å²) >= 11 is 0. The van der Waals surface area contributed by atoms with E-state index in [1.165, 1.54) is 23.1 Å². The van der Waals surface area contributed by atoms with E-state index >= 15 is 0 Å².